The summed E-state index contributed by atoms with van der Waals surface area (Å²) in [6.45, 7) is 1.98. The van der Waals surface area contributed by atoms with Crippen molar-refractivity contribution < 1.29 is 1.43 Å². The number of aromatic nitrogens is 2. The molecule has 1 heterocycles. The maximum absolute atomic E-state index is 5.81. The van der Waals surface area contributed by atoms with Crippen LogP contribution in [-0.2, 0) is 0 Å². The van der Waals surface area contributed by atoms with Crippen LogP contribution in [0.2, 0.25) is 0 Å². The molecule has 0 aliphatic carbocycles. The minimum Gasteiger partial charge on any atom is -0.398 e. The molecule has 14 heavy (non-hydrogen) atoms. The van der Waals surface area contributed by atoms with Gasteiger partial charge in [-0.25, -0.2) is 4.98 Å². The van der Waals surface area contributed by atoms with Crippen molar-refractivity contribution in [1.82, 2.24) is 9.36 Å². The SMILES string of the molecule is Cc1ccc(-c2nc(Br)ns2)cc1N.[HH]. The Hall–Kier alpha value is -0.940. The Morgan fingerprint density at radius 3 is 2.86 bits per heavy atom. The molecule has 2 N–H and O–H groups in total. The number of rotatable bonds is 1. The quantitative estimate of drug-likeness (QED) is 0.811. The Morgan fingerprint density at radius 1 is 1.50 bits per heavy atom. The van der Waals surface area contributed by atoms with E-state index in [1.165, 1.54) is 11.5 Å². The molecule has 5 heteroatoms. The van der Waals surface area contributed by atoms with Crippen molar-refractivity contribution in [3.63, 3.8) is 0 Å². The van der Waals surface area contributed by atoms with Gasteiger partial charge in [-0.05, 0) is 46.0 Å². The summed E-state index contributed by atoms with van der Waals surface area (Å²) in [5, 5.41) is 0.878. The molecule has 0 unspecified atom stereocenters. The number of hydrogen-bond donors (Lipinski definition) is 1. The minimum atomic E-state index is 0. The first kappa shape index (κ1) is 9.61. The predicted octanol–water partition coefficient (Wildman–Crippen LogP) is 3.10. The minimum absolute atomic E-state index is 0. The van der Waals surface area contributed by atoms with Crippen LogP contribution in [0.15, 0.2) is 22.9 Å². The maximum Gasteiger partial charge on any atom is 0.209 e. The fourth-order valence-electron chi connectivity index (χ4n) is 1.10. The lowest BCUT2D eigenvalue weighted by Gasteiger charge is -2.01. The molecule has 2 rings (SSSR count). The van der Waals surface area contributed by atoms with Gasteiger partial charge in [0.05, 0.1) is 0 Å². The molecule has 1 aromatic carbocycles. The predicted molar refractivity (Wildman–Crippen MR) is 64.3 cm³/mol. The van der Waals surface area contributed by atoms with Crippen molar-refractivity contribution >= 4 is 33.1 Å². The van der Waals surface area contributed by atoms with Gasteiger partial charge in [-0.2, -0.15) is 4.37 Å². The molecule has 1 aromatic heterocycles. The van der Waals surface area contributed by atoms with Crippen molar-refractivity contribution in [2.45, 2.75) is 6.92 Å². The Balaban J connectivity index is 0.00000112. The van der Waals surface area contributed by atoms with Gasteiger partial charge in [-0.1, -0.05) is 12.1 Å². The third kappa shape index (κ3) is 1.78. The molecule has 0 saturated carbocycles. The summed E-state index contributed by atoms with van der Waals surface area (Å²) in [5.41, 5.74) is 8.69. The van der Waals surface area contributed by atoms with Crippen LogP contribution in [0.3, 0.4) is 0 Å². The number of nitrogens with zero attached hydrogens (tertiary/aromatic N) is 2. The Kier molecular flexibility index (Phi) is 2.52. The van der Waals surface area contributed by atoms with Crippen LogP contribution in [0.4, 0.5) is 5.69 Å². The molecule has 0 saturated heterocycles. The standard InChI is InChI=1S/C9H8BrN3S.H2/c1-5-2-3-6(4-7(5)11)8-12-9(10)13-14-8;/h2-4H,11H2,1H3;1H. The van der Waals surface area contributed by atoms with Gasteiger partial charge in [0.2, 0.25) is 4.73 Å². The van der Waals surface area contributed by atoms with Crippen molar-refractivity contribution in [3.8, 4) is 10.6 Å². The van der Waals surface area contributed by atoms with E-state index in [1.54, 1.807) is 0 Å². The second-order valence-electron chi connectivity index (χ2n) is 2.94. The van der Waals surface area contributed by atoms with Crippen molar-refractivity contribution in [3.05, 3.63) is 28.5 Å². The van der Waals surface area contributed by atoms with E-state index in [2.05, 4.69) is 25.3 Å². The number of nitrogens with two attached hydrogens (primary N) is 1. The molecule has 2 aromatic rings. The third-order valence-electron chi connectivity index (χ3n) is 1.93. The Bertz CT molecular complexity index is 472. The van der Waals surface area contributed by atoms with Gasteiger partial charge in [0, 0.05) is 12.7 Å². The number of benzene rings is 1. The van der Waals surface area contributed by atoms with Crippen LogP contribution in [0.5, 0.6) is 0 Å². The highest BCUT2D eigenvalue weighted by atomic mass is 79.9. The van der Waals surface area contributed by atoms with Crippen LogP contribution in [0.25, 0.3) is 10.6 Å². The Morgan fingerprint density at radius 2 is 2.29 bits per heavy atom. The van der Waals surface area contributed by atoms with E-state index < -0.39 is 0 Å². The summed E-state index contributed by atoms with van der Waals surface area (Å²) in [7, 11) is 0. The molecule has 0 fully saturated rings. The molecule has 0 atom stereocenters. The highest BCUT2D eigenvalue weighted by Gasteiger charge is 2.05. The van der Waals surface area contributed by atoms with Crippen LogP contribution >= 0.6 is 27.5 Å². The smallest absolute Gasteiger partial charge is 0.209 e. The summed E-state index contributed by atoms with van der Waals surface area (Å²) in [6.07, 6.45) is 0. The summed E-state index contributed by atoms with van der Waals surface area (Å²) in [4.78, 5) is 4.22. The lowest BCUT2D eigenvalue weighted by atomic mass is 10.1. The average Bonchev–Trinajstić information content (AvgIpc) is 2.57. The van der Waals surface area contributed by atoms with Crippen LogP contribution in [-0.4, -0.2) is 9.36 Å². The highest BCUT2D eigenvalue weighted by molar-refractivity contribution is 9.10. The zero-order valence-corrected chi connectivity index (χ0v) is 9.89. The van der Waals surface area contributed by atoms with Gasteiger partial charge >= 0.3 is 0 Å². The molecule has 74 valence electrons. The van der Waals surface area contributed by atoms with E-state index in [-0.39, 0.29) is 1.43 Å². The number of halogens is 1. The van der Waals surface area contributed by atoms with E-state index in [9.17, 15) is 0 Å². The zero-order chi connectivity index (χ0) is 10.1. The summed E-state index contributed by atoms with van der Waals surface area (Å²) >= 11 is 4.57. The van der Waals surface area contributed by atoms with Crippen LogP contribution in [0, 0.1) is 6.92 Å². The maximum atomic E-state index is 5.81. The number of hydrogen-bond acceptors (Lipinski definition) is 4. The summed E-state index contributed by atoms with van der Waals surface area (Å²) < 4.78 is 4.67. The second kappa shape index (κ2) is 3.67. The monoisotopic (exact) mass is 271 g/mol. The lowest BCUT2D eigenvalue weighted by Crippen LogP contribution is -1.89. The van der Waals surface area contributed by atoms with E-state index in [4.69, 9.17) is 5.73 Å². The second-order valence-corrected chi connectivity index (χ2v) is 4.40. The third-order valence-corrected chi connectivity index (χ3v) is 3.28. The normalized spacial score (nSPS) is 10.4. The molecular weight excluding hydrogens is 262 g/mol. The molecule has 0 aliphatic heterocycles. The molecule has 0 aliphatic rings. The van der Waals surface area contributed by atoms with E-state index in [0.29, 0.717) is 4.73 Å². The first-order chi connectivity index (χ1) is 6.66. The first-order valence-corrected chi connectivity index (χ1v) is 5.59. The lowest BCUT2D eigenvalue weighted by molar-refractivity contribution is 1.26. The largest absolute Gasteiger partial charge is 0.398 e. The summed E-state index contributed by atoms with van der Waals surface area (Å²) in [6, 6.07) is 5.90. The molecule has 0 radical (unpaired) electrons. The number of anilines is 1. The first-order valence-electron chi connectivity index (χ1n) is 4.02. The van der Waals surface area contributed by atoms with E-state index >= 15 is 0 Å². The van der Waals surface area contributed by atoms with Gasteiger partial charge in [-0.3, -0.25) is 0 Å². The Labute approximate surface area is 95.8 Å². The molecule has 0 spiro atoms. The zero-order valence-electron chi connectivity index (χ0n) is 7.49. The van der Waals surface area contributed by atoms with Crippen molar-refractivity contribution in [1.29, 1.82) is 0 Å². The van der Waals surface area contributed by atoms with Gasteiger partial charge in [0.1, 0.15) is 5.01 Å². The van der Waals surface area contributed by atoms with Crippen LogP contribution in [0.1, 0.15) is 6.99 Å². The average molecular weight is 272 g/mol. The van der Waals surface area contributed by atoms with Gasteiger partial charge in [-0.15, -0.1) is 0 Å². The molecular formula is C9H10BrN3S. The van der Waals surface area contributed by atoms with Gasteiger partial charge in [0.15, 0.2) is 0 Å². The van der Waals surface area contributed by atoms with Crippen LogP contribution < -0.4 is 5.73 Å². The molecule has 0 amide bonds. The molecule has 0 bridgehead atoms. The van der Waals surface area contributed by atoms with Gasteiger partial charge in [0.25, 0.3) is 0 Å². The summed E-state index contributed by atoms with van der Waals surface area (Å²) in [5.74, 6) is 0. The fraction of sp³-hybridized carbons (Fsp3) is 0.111. The van der Waals surface area contributed by atoms with Gasteiger partial charge < -0.3 is 5.73 Å². The van der Waals surface area contributed by atoms with E-state index in [0.717, 1.165) is 21.8 Å². The number of nitrogen functional groups attached to an aromatic ring is 1. The number of aryl methyl sites for hydroxylation is 1. The topological polar surface area (TPSA) is 51.8 Å². The fourth-order valence-corrected chi connectivity index (χ4v) is 2.17. The highest BCUT2D eigenvalue weighted by Crippen LogP contribution is 2.26. The molecule has 3 nitrogen and oxygen atoms in total. The van der Waals surface area contributed by atoms with Crippen molar-refractivity contribution in [2.75, 3.05) is 5.73 Å². The van der Waals surface area contributed by atoms with Crippen molar-refractivity contribution in [2.24, 2.45) is 0 Å². The van der Waals surface area contributed by atoms with E-state index in [1.807, 2.05) is 25.1 Å².